The number of hydrogen-bond donors (Lipinski definition) is 1. The Balaban J connectivity index is 1.74. The number of unbranched alkanes of at least 4 members (excludes halogenated alkanes) is 1. The number of benzene rings is 2. The van der Waals surface area contributed by atoms with E-state index in [1.165, 1.54) is 0 Å². The fourth-order valence-electron chi connectivity index (χ4n) is 2.58. The Hall–Kier alpha value is -2.49. The summed E-state index contributed by atoms with van der Waals surface area (Å²) in [6.45, 7) is 3.45. The van der Waals surface area contributed by atoms with Gasteiger partial charge in [0.05, 0.1) is 13.2 Å². The number of amides is 1. The second-order valence-corrected chi connectivity index (χ2v) is 5.50. The van der Waals surface area contributed by atoms with E-state index in [1.54, 1.807) is 11.0 Å². The average Bonchev–Trinajstić information content (AvgIpc) is 2.85. The molecule has 2 N–H and O–H groups in total. The lowest BCUT2D eigenvalue weighted by molar-refractivity contribution is 0.0996. The maximum Gasteiger partial charge on any atom is 0.259 e. The lowest BCUT2D eigenvalue weighted by Gasteiger charge is -2.16. The van der Waals surface area contributed by atoms with Crippen molar-refractivity contribution in [2.24, 2.45) is 0 Å². The maximum atomic E-state index is 12.5. The summed E-state index contributed by atoms with van der Waals surface area (Å²) in [5.74, 6) is 0.840. The molecule has 3 rings (SSSR count). The summed E-state index contributed by atoms with van der Waals surface area (Å²) in [5, 5.41) is 0. The summed E-state index contributed by atoms with van der Waals surface area (Å²) in [5.41, 5.74) is 8.98. The monoisotopic (exact) mass is 296 g/mol. The minimum Gasteiger partial charge on any atom is -0.494 e. The van der Waals surface area contributed by atoms with Gasteiger partial charge in [-0.1, -0.05) is 19.4 Å². The molecule has 22 heavy (non-hydrogen) atoms. The Morgan fingerprint density at radius 3 is 2.68 bits per heavy atom. The van der Waals surface area contributed by atoms with Crippen molar-refractivity contribution in [1.29, 1.82) is 0 Å². The van der Waals surface area contributed by atoms with E-state index in [0.717, 1.165) is 36.4 Å². The number of nitrogen functional groups attached to an aromatic ring is 1. The third-order valence-corrected chi connectivity index (χ3v) is 3.85. The van der Waals surface area contributed by atoms with Gasteiger partial charge in [-0.3, -0.25) is 4.79 Å². The Morgan fingerprint density at radius 1 is 1.18 bits per heavy atom. The topological polar surface area (TPSA) is 55.6 Å². The van der Waals surface area contributed by atoms with E-state index in [-0.39, 0.29) is 5.91 Å². The molecule has 0 unspecified atom stereocenters. The van der Waals surface area contributed by atoms with Crippen LogP contribution in [-0.2, 0) is 6.54 Å². The fraction of sp³-hybridized carbons (Fsp3) is 0.278. The molecule has 0 saturated carbocycles. The molecule has 114 valence electrons. The lowest BCUT2D eigenvalue weighted by atomic mass is 10.1. The van der Waals surface area contributed by atoms with Gasteiger partial charge in [-0.25, -0.2) is 0 Å². The largest absolute Gasteiger partial charge is 0.494 e. The van der Waals surface area contributed by atoms with Crippen molar-refractivity contribution in [3.63, 3.8) is 0 Å². The molecule has 0 radical (unpaired) electrons. The Kier molecular flexibility index (Phi) is 4.00. The maximum absolute atomic E-state index is 12.5. The Labute approximate surface area is 130 Å². The number of rotatable bonds is 5. The van der Waals surface area contributed by atoms with E-state index in [4.69, 9.17) is 10.5 Å². The second-order valence-electron chi connectivity index (χ2n) is 5.50. The molecule has 2 aromatic carbocycles. The molecule has 4 nitrogen and oxygen atoms in total. The highest BCUT2D eigenvalue weighted by Gasteiger charge is 2.28. The minimum atomic E-state index is 0.00181. The van der Waals surface area contributed by atoms with Crippen LogP contribution in [0.2, 0.25) is 0 Å². The molecule has 2 aromatic rings. The molecular formula is C18H20N2O2. The number of ether oxygens (including phenoxy) is 1. The van der Waals surface area contributed by atoms with Crippen molar-refractivity contribution in [2.75, 3.05) is 17.2 Å². The first-order valence-electron chi connectivity index (χ1n) is 7.62. The molecule has 0 atom stereocenters. The summed E-state index contributed by atoms with van der Waals surface area (Å²) in [6.07, 6.45) is 2.16. The Morgan fingerprint density at radius 2 is 1.95 bits per heavy atom. The van der Waals surface area contributed by atoms with Crippen LogP contribution >= 0.6 is 0 Å². The van der Waals surface area contributed by atoms with Crippen LogP contribution in [-0.4, -0.2) is 12.5 Å². The first-order chi connectivity index (χ1) is 10.7. The number of carbonyl (C=O) groups excluding carboxylic acids is 1. The van der Waals surface area contributed by atoms with Gasteiger partial charge in [0.15, 0.2) is 0 Å². The average molecular weight is 296 g/mol. The summed E-state index contributed by atoms with van der Waals surface area (Å²) >= 11 is 0. The zero-order valence-electron chi connectivity index (χ0n) is 12.7. The standard InChI is InChI=1S/C18H20N2O2/c1-2-3-10-22-16-8-6-15(7-9-16)20-12-13-4-5-14(19)11-17(13)18(20)21/h4-9,11H,2-3,10,12,19H2,1H3. The van der Waals surface area contributed by atoms with E-state index in [0.29, 0.717) is 17.8 Å². The van der Waals surface area contributed by atoms with Gasteiger partial charge in [0.25, 0.3) is 5.91 Å². The quantitative estimate of drug-likeness (QED) is 0.677. The number of hydrogen-bond acceptors (Lipinski definition) is 3. The number of nitrogens with two attached hydrogens (primary N) is 1. The molecule has 0 bridgehead atoms. The van der Waals surface area contributed by atoms with Crippen LogP contribution in [0.25, 0.3) is 0 Å². The van der Waals surface area contributed by atoms with Crippen molar-refractivity contribution in [3.8, 4) is 5.75 Å². The van der Waals surface area contributed by atoms with Gasteiger partial charge < -0.3 is 15.4 Å². The SMILES string of the molecule is CCCCOc1ccc(N2Cc3ccc(N)cc3C2=O)cc1. The van der Waals surface area contributed by atoms with Gasteiger partial charge in [0.1, 0.15) is 5.75 Å². The first kappa shape index (κ1) is 14.4. The van der Waals surface area contributed by atoms with Gasteiger partial charge >= 0.3 is 0 Å². The van der Waals surface area contributed by atoms with Crippen molar-refractivity contribution >= 4 is 17.3 Å². The van der Waals surface area contributed by atoms with Crippen LogP contribution in [0.4, 0.5) is 11.4 Å². The predicted octanol–water partition coefficient (Wildman–Crippen LogP) is 3.61. The van der Waals surface area contributed by atoms with Crippen LogP contribution in [0, 0.1) is 0 Å². The zero-order chi connectivity index (χ0) is 15.5. The molecule has 0 spiro atoms. The Bertz CT molecular complexity index is 680. The molecule has 0 fully saturated rings. The van der Waals surface area contributed by atoms with Crippen LogP contribution in [0.5, 0.6) is 5.75 Å². The zero-order valence-corrected chi connectivity index (χ0v) is 12.7. The highest BCUT2D eigenvalue weighted by atomic mass is 16.5. The number of nitrogens with zero attached hydrogens (tertiary/aromatic N) is 1. The van der Waals surface area contributed by atoms with Crippen LogP contribution < -0.4 is 15.4 Å². The molecule has 1 aliphatic heterocycles. The summed E-state index contributed by atoms with van der Waals surface area (Å²) in [7, 11) is 0. The van der Waals surface area contributed by atoms with Gasteiger partial charge in [-0.2, -0.15) is 0 Å². The minimum absolute atomic E-state index is 0.00181. The smallest absolute Gasteiger partial charge is 0.259 e. The molecule has 1 aliphatic rings. The van der Waals surface area contributed by atoms with Crippen molar-refractivity contribution < 1.29 is 9.53 Å². The van der Waals surface area contributed by atoms with Crippen LogP contribution in [0.1, 0.15) is 35.7 Å². The molecule has 0 aliphatic carbocycles. The van der Waals surface area contributed by atoms with E-state index < -0.39 is 0 Å². The number of fused-ring (bicyclic) bond motifs is 1. The van der Waals surface area contributed by atoms with Crippen LogP contribution in [0.15, 0.2) is 42.5 Å². The first-order valence-corrected chi connectivity index (χ1v) is 7.62. The van der Waals surface area contributed by atoms with Gasteiger partial charge in [-0.15, -0.1) is 0 Å². The highest BCUT2D eigenvalue weighted by Crippen LogP contribution is 2.30. The normalized spacial score (nSPS) is 13.3. The summed E-state index contributed by atoms with van der Waals surface area (Å²) < 4.78 is 5.65. The molecule has 1 heterocycles. The number of carbonyl (C=O) groups is 1. The van der Waals surface area contributed by atoms with E-state index in [2.05, 4.69) is 6.92 Å². The van der Waals surface area contributed by atoms with Crippen molar-refractivity contribution in [1.82, 2.24) is 0 Å². The van der Waals surface area contributed by atoms with Gasteiger partial charge in [0.2, 0.25) is 0 Å². The van der Waals surface area contributed by atoms with Crippen LogP contribution in [0.3, 0.4) is 0 Å². The predicted molar refractivity (Wildman–Crippen MR) is 88.2 cm³/mol. The van der Waals surface area contributed by atoms with Gasteiger partial charge in [-0.05, 0) is 48.4 Å². The molecular weight excluding hydrogens is 276 g/mol. The van der Waals surface area contributed by atoms with Crippen molar-refractivity contribution in [3.05, 3.63) is 53.6 Å². The second kappa shape index (κ2) is 6.10. The van der Waals surface area contributed by atoms with E-state index in [9.17, 15) is 4.79 Å². The van der Waals surface area contributed by atoms with E-state index in [1.807, 2.05) is 36.4 Å². The third-order valence-electron chi connectivity index (χ3n) is 3.85. The molecule has 0 aromatic heterocycles. The van der Waals surface area contributed by atoms with E-state index >= 15 is 0 Å². The fourth-order valence-corrected chi connectivity index (χ4v) is 2.58. The molecule has 1 amide bonds. The summed E-state index contributed by atoms with van der Waals surface area (Å²) in [6, 6.07) is 13.2. The van der Waals surface area contributed by atoms with Crippen molar-refractivity contribution in [2.45, 2.75) is 26.3 Å². The number of anilines is 2. The molecule has 0 saturated heterocycles. The third kappa shape index (κ3) is 2.77. The highest BCUT2D eigenvalue weighted by molar-refractivity contribution is 6.10. The molecule has 4 heteroatoms. The van der Waals surface area contributed by atoms with Gasteiger partial charge in [0, 0.05) is 16.9 Å². The summed E-state index contributed by atoms with van der Waals surface area (Å²) in [4.78, 5) is 14.2. The lowest BCUT2D eigenvalue weighted by Crippen LogP contribution is -2.22.